The summed E-state index contributed by atoms with van der Waals surface area (Å²) in [7, 11) is 0. The zero-order chi connectivity index (χ0) is 19.8. The highest BCUT2D eigenvalue weighted by molar-refractivity contribution is 6.06. The number of hydrogen-bond donors (Lipinski definition) is 2. The molecule has 0 atom stereocenters. The quantitative estimate of drug-likeness (QED) is 0.391. The Morgan fingerprint density at radius 2 is 2.00 bits per heavy atom. The molecule has 0 aliphatic heterocycles. The first kappa shape index (κ1) is 20.0. The highest BCUT2D eigenvalue weighted by Crippen LogP contribution is 2.23. The molecule has 142 valence electrons. The van der Waals surface area contributed by atoms with Crippen molar-refractivity contribution in [2.45, 2.75) is 25.8 Å². The molecule has 0 saturated heterocycles. The number of anilines is 1. The molecule has 0 aliphatic rings. The van der Waals surface area contributed by atoms with Crippen molar-refractivity contribution in [3.63, 3.8) is 0 Å². The Morgan fingerprint density at radius 1 is 1.22 bits per heavy atom. The van der Waals surface area contributed by atoms with Crippen LogP contribution in [0.1, 0.15) is 35.2 Å². The maximum Gasteiger partial charge on any atom is 0.303 e. The van der Waals surface area contributed by atoms with E-state index in [1.807, 2.05) is 0 Å². The molecule has 1 aromatic carbocycles. The van der Waals surface area contributed by atoms with Gasteiger partial charge in [-0.25, -0.2) is 4.98 Å². The van der Waals surface area contributed by atoms with E-state index in [0.717, 1.165) is 0 Å². The third-order valence-electron chi connectivity index (χ3n) is 3.94. The number of amides is 1. The number of aromatic nitrogens is 1. The summed E-state index contributed by atoms with van der Waals surface area (Å²) in [6.45, 7) is 0.236. The Kier molecular flexibility index (Phi) is 6.95. The van der Waals surface area contributed by atoms with Gasteiger partial charge in [-0.05, 0) is 31.0 Å². The SMILES string of the molecule is NCc1ccc(C(=O)N(CCCCC(=O)O)c2ccccn2)cc1[N+](=O)[O-]. The van der Waals surface area contributed by atoms with E-state index in [9.17, 15) is 19.7 Å². The molecule has 0 spiro atoms. The van der Waals surface area contributed by atoms with Crippen LogP contribution in [0.4, 0.5) is 11.5 Å². The molecular weight excluding hydrogens is 352 g/mol. The van der Waals surface area contributed by atoms with Crippen molar-refractivity contribution in [1.82, 2.24) is 4.98 Å². The number of nitro groups is 1. The molecule has 3 N–H and O–H groups in total. The number of carboxylic acid groups (broad SMARTS) is 1. The first-order chi connectivity index (χ1) is 12.9. The first-order valence-corrected chi connectivity index (χ1v) is 8.36. The number of pyridine rings is 1. The monoisotopic (exact) mass is 372 g/mol. The van der Waals surface area contributed by atoms with Crippen LogP contribution in [0.2, 0.25) is 0 Å². The molecule has 0 radical (unpaired) electrons. The molecule has 27 heavy (non-hydrogen) atoms. The molecule has 0 bridgehead atoms. The second kappa shape index (κ2) is 9.39. The van der Waals surface area contributed by atoms with Crippen LogP contribution in [0.3, 0.4) is 0 Å². The van der Waals surface area contributed by atoms with Gasteiger partial charge in [0.15, 0.2) is 0 Å². The van der Waals surface area contributed by atoms with Crippen LogP contribution in [0.5, 0.6) is 0 Å². The highest BCUT2D eigenvalue weighted by atomic mass is 16.6. The predicted octanol–water partition coefficient (Wildman–Crippen LogP) is 2.35. The fourth-order valence-electron chi connectivity index (χ4n) is 2.57. The lowest BCUT2D eigenvalue weighted by molar-refractivity contribution is -0.385. The number of rotatable bonds is 9. The predicted molar refractivity (Wildman–Crippen MR) is 98.4 cm³/mol. The largest absolute Gasteiger partial charge is 0.481 e. The van der Waals surface area contributed by atoms with Crippen LogP contribution in [0, 0.1) is 10.1 Å². The molecule has 1 amide bonds. The molecule has 1 heterocycles. The van der Waals surface area contributed by atoms with Gasteiger partial charge in [0, 0.05) is 42.9 Å². The third-order valence-corrected chi connectivity index (χ3v) is 3.94. The second-order valence-corrected chi connectivity index (χ2v) is 5.80. The van der Waals surface area contributed by atoms with E-state index in [1.165, 1.54) is 29.3 Å². The lowest BCUT2D eigenvalue weighted by Gasteiger charge is -2.22. The van der Waals surface area contributed by atoms with E-state index in [0.29, 0.717) is 24.2 Å². The topological polar surface area (TPSA) is 140 Å². The van der Waals surface area contributed by atoms with Crippen molar-refractivity contribution >= 4 is 23.4 Å². The molecule has 2 rings (SSSR count). The van der Waals surface area contributed by atoms with Crippen LogP contribution in [0.25, 0.3) is 0 Å². The van der Waals surface area contributed by atoms with Crippen LogP contribution in [-0.4, -0.2) is 33.4 Å². The maximum atomic E-state index is 13.0. The number of nitrogens with zero attached hydrogens (tertiary/aromatic N) is 3. The molecule has 9 nitrogen and oxygen atoms in total. The molecule has 1 aromatic heterocycles. The van der Waals surface area contributed by atoms with Gasteiger partial charge in [0.05, 0.1) is 4.92 Å². The van der Waals surface area contributed by atoms with E-state index in [1.54, 1.807) is 18.2 Å². The average Bonchev–Trinajstić information content (AvgIpc) is 2.67. The Bertz CT molecular complexity index is 826. The van der Waals surface area contributed by atoms with Gasteiger partial charge in [0.1, 0.15) is 5.82 Å². The Morgan fingerprint density at radius 3 is 2.59 bits per heavy atom. The summed E-state index contributed by atoms with van der Waals surface area (Å²) in [5.74, 6) is -0.960. The summed E-state index contributed by atoms with van der Waals surface area (Å²) in [4.78, 5) is 39.8. The van der Waals surface area contributed by atoms with E-state index >= 15 is 0 Å². The molecule has 0 saturated carbocycles. The van der Waals surface area contributed by atoms with Gasteiger partial charge < -0.3 is 10.8 Å². The zero-order valence-corrected chi connectivity index (χ0v) is 14.6. The minimum absolute atomic E-state index is 0.000910. The molecule has 2 aromatic rings. The van der Waals surface area contributed by atoms with Gasteiger partial charge >= 0.3 is 5.97 Å². The number of carboxylic acids is 1. The normalized spacial score (nSPS) is 10.4. The first-order valence-electron chi connectivity index (χ1n) is 8.36. The molecule has 0 fully saturated rings. The summed E-state index contributed by atoms with van der Waals surface area (Å²) in [6.07, 6.45) is 2.39. The Hall–Kier alpha value is -3.33. The average molecular weight is 372 g/mol. The molecule has 0 unspecified atom stereocenters. The van der Waals surface area contributed by atoms with Gasteiger partial charge in [-0.15, -0.1) is 0 Å². The van der Waals surface area contributed by atoms with Crippen molar-refractivity contribution in [1.29, 1.82) is 0 Å². The third kappa shape index (κ3) is 5.32. The van der Waals surface area contributed by atoms with Crippen LogP contribution >= 0.6 is 0 Å². The molecular formula is C18H20N4O5. The number of hydrogen-bond acceptors (Lipinski definition) is 6. The van der Waals surface area contributed by atoms with Gasteiger partial charge in [-0.2, -0.15) is 0 Å². The highest BCUT2D eigenvalue weighted by Gasteiger charge is 2.22. The van der Waals surface area contributed by atoms with E-state index in [2.05, 4.69) is 4.98 Å². The second-order valence-electron chi connectivity index (χ2n) is 5.80. The van der Waals surface area contributed by atoms with E-state index in [-0.39, 0.29) is 30.8 Å². The van der Waals surface area contributed by atoms with Crippen LogP contribution < -0.4 is 10.6 Å². The molecule has 0 aliphatic carbocycles. The minimum atomic E-state index is -0.904. The summed E-state index contributed by atoms with van der Waals surface area (Å²) in [5, 5.41) is 20.0. The number of aliphatic carboxylic acids is 1. The molecule has 9 heteroatoms. The lowest BCUT2D eigenvalue weighted by atomic mass is 10.1. The zero-order valence-electron chi connectivity index (χ0n) is 14.6. The number of nitrogens with two attached hydrogens (primary N) is 1. The van der Waals surface area contributed by atoms with E-state index in [4.69, 9.17) is 10.8 Å². The van der Waals surface area contributed by atoms with Gasteiger partial charge in [-0.3, -0.25) is 24.6 Å². The summed E-state index contributed by atoms with van der Waals surface area (Å²) in [5.41, 5.74) is 5.78. The Labute approximate surface area is 155 Å². The minimum Gasteiger partial charge on any atom is -0.481 e. The number of carbonyl (C=O) groups excluding carboxylic acids is 1. The van der Waals surface area contributed by atoms with Gasteiger partial charge in [0.2, 0.25) is 0 Å². The van der Waals surface area contributed by atoms with Crippen molar-refractivity contribution < 1.29 is 19.6 Å². The van der Waals surface area contributed by atoms with Gasteiger partial charge in [0.25, 0.3) is 11.6 Å². The fourth-order valence-corrected chi connectivity index (χ4v) is 2.57. The smallest absolute Gasteiger partial charge is 0.303 e. The van der Waals surface area contributed by atoms with E-state index < -0.39 is 16.8 Å². The number of unbranched alkanes of at least 4 members (excludes halogenated alkanes) is 1. The van der Waals surface area contributed by atoms with Crippen LogP contribution in [-0.2, 0) is 11.3 Å². The standard InChI is InChI=1S/C18H20N4O5/c19-12-14-8-7-13(11-15(14)22(26)27)18(25)21(10-4-2-6-17(23)24)16-5-1-3-9-20-16/h1,3,5,7-9,11H,2,4,6,10,12,19H2,(H,23,24). The van der Waals surface area contributed by atoms with Gasteiger partial charge in [-0.1, -0.05) is 12.1 Å². The van der Waals surface area contributed by atoms with Crippen molar-refractivity contribution in [3.8, 4) is 0 Å². The maximum absolute atomic E-state index is 13.0. The fraction of sp³-hybridized carbons (Fsp3) is 0.278. The number of benzene rings is 1. The Balaban J connectivity index is 2.29. The number of nitro benzene ring substituents is 1. The summed E-state index contributed by atoms with van der Waals surface area (Å²) >= 11 is 0. The van der Waals surface area contributed by atoms with Crippen molar-refractivity contribution in [2.24, 2.45) is 5.73 Å². The summed E-state index contributed by atoms with van der Waals surface area (Å²) < 4.78 is 0. The summed E-state index contributed by atoms with van der Waals surface area (Å²) in [6, 6.07) is 9.24. The van der Waals surface area contributed by atoms with Crippen molar-refractivity contribution in [2.75, 3.05) is 11.4 Å². The number of carbonyl (C=O) groups is 2. The van der Waals surface area contributed by atoms with Crippen LogP contribution in [0.15, 0.2) is 42.6 Å². The lowest BCUT2D eigenvalue weighted by Crippen LogP contribution is -2.32. The van der Waals surface area contributed by atoms with Crippen molar-refractivity contribution in [3.05, 3.63) is 63.8 Å².